The number of aryl methyl sites for hydroxylation is 1. The number of aromatic nitrogens is 2. The van der Waals surface area contributed by atoms with Gasteiger partial charge in [-0.3, -0.25) is 14.9 Å². The predicted molar refractivity (Wildman–Crippen MR) is 112 cm³/mol. The van der Waals surface area contributed by atoms with E-state index >= 15 is 0 Å². The van der Waals surface area contributed by atoms with E-state index in [0.29, 0.717) is 16.5 Å². The number of hydrogen-bond donors (Lipinski definition) is 2. The molecule has 2 amide bonds. The van der Waals surface area contributed by atoms with Crippen molar-refractivity contribution in [3.8, 4) is 5.75 Å². The Morgan fingerprint density at radius 2 is 2.00 bits per heavy atom. The Kier molecular flexibility index (Phi) is 6.87. The highest BCUT2D eigenvalue weighted by Gasteiger charge is 2.30. The number of halogens is 2. The average Bonchev–Trinajstić information content (AvgIpc) is 3.51. The van der Waals surface area contributed by atoms with Crippen LogP contribution in [-0.4, -0.2) is 34.6 Å². The molecule has 9 heteroatoms. The Bertz CT molecular complexity index is 950. The van der Waals surface area contributed by atoms with Gasteiger partial charge in [0.15, 0.2) is 0 Å². The number of carbonyl (C=O) groups excluding carboxylic acids is 2. The van der Waals surface area contributed by atoms with Crippen LogP contribution >= 0.6 is 11.6 Å². The van der Waals surface area contributed by atoms with Gasteiger partial charge < -0.3 is 10.1 Å². The van der Waals surface area contributed by atoms with Crippen molar-refractivity contribution in [2.24, 2.45) is 5.92 Å². The van der Waals surface area contributed by atoms with Crippen LogP contribution in [0.3, 0.4) is 0 Å². The fraction of sp³-hybridized carbons (Fsp3) is 0.429. The standard InChI is InChI=1S/C21H24ClFN4O3/c1-11(23)10-30-18-7-6-15(9-16(18)22)13(3)25-20(29)17-8-12(2)24-21(26-17)27-19(28)14-4-5-14/h6-9,11,13-14H,4-5,10H2,1-3H3,(H,25,29)(H,24,26,27,28)/t11-,13?/m1/s1. The average molecular weight is 435 g/mol. The van der Waals surface area contributed by atoms with Gasteiger partial charge in [0.05, 0.1) is 11.1 Å². The van der Waals surface area contributed by atoms with E-state index in [-0.39, 0.29) is 36.1 Å². The van der Waals surface area contributed by atoms with E-state index in [1.807, 2.05) is 0 Å². The van der Waals surface area contributed by atoms with Gasteiger partial charge in [-0.1, -0.05) is 17.7 Å². The van der Waals surface area contributed by atoms with Crippen LogP contribution in [0, 0.1) is 12.8 Å². The summed E-state index contributed by atoms with van der Waals surface area (Å²) in [6.07, 6.45) is 0.623. The topological polar surface area (TPSA) is 93.2 Å². The van der Waals surface area contributed by atoms with Crippen molar-refractivity contribution >= 4 is 29.4 Å². The number of benzene rings is 1. The van der Waals surface area contributed by atoms with E-state index in [0.717, 1.165) is 18.4 Å². The van der Waals surface area contributed by atoms with Crippen LogP contribution in [0.5, 0.6) is 5.75 Å². The fourth-order valence-electron chi connectivity index (χ4n) is 2.76. The number of ether oxygens (including phenoxy) is 1. The van der Waals surface area contributed by atoms with Crippen molar-refractivity contribution < 1.29 is 18.7 Å². The minimum Gasteiger partial charge on any atom is -0.489 e. The molecule has 1 aliphatic rings. The van der Waals surface area contributed by atoms with Gasteiger partial charge in [0.25, 0.3) is 5.91 Å². The molecule has 30 heavy (non-hydrogen) atoms. The number of alkyl halides is 1. The van der Waals surface area contributed by atoms with Gasteiger partial charge in [0.1, 0.15) is 24.2 Å². The fourth-order valence-corrected chi connectivity index (χ4v) is 3.00. The lowest BCUT2D eigenvalue weighted by Crippen LogP contribution is -2.28. The van der Waals surface area contributed by atoms with Crippen LogP contribution in [0.4, 0.5) is 10.3 Å². The lowest BCUT2D eigenvalue weighted by Gasteiger charge is -2.16. The molecule has 1 fully saturated rings. The summed E-state index contributed by atoms with van der Waals surface area (Å²) in [6.45, 7) is 4.85. The van der Waals surface area contributed by atoms with Gasteiger partial charge in [0, 0.05) is 11.6 Å². The number of rotatable bonds is 8. The summed E-state index contributed by atoms with van der Waals surface area (Å²) in [5.41, 5.74) is 1.48. The van der Waals surface area contributed by atoms with Crippen LogP contribution in [0.15, 0.2) is 24.3 Å². The summed E-state index contributed by atoms with van der Waals surface area (Å²) in [5.74, 6) is -0.0180. The number of carbonyl (C=O) groups is 2. The Balaban J connectivity index is 1.67. The molecule has 0 spiro atoms. The van der Waals surface area contributed by atoms with Crippen molar-refractivity contribution in [2.45, 2.75) is 45.8 Å². The molecule has 2 N–H and O–H groups in total. The highest BCUT2D eigenvalue weighted by atomic mass is 35.5. The smallest absolute Gasteiger partial charge is 0.270 e. The maximum Gasteiger partial charge on any atom is 0.270 e. The van der Waals surface area contributed by atoms with Crippen LogP contribution in [0.1, 0.15) is 54.5 Å². The number of nitrogens with one attached hydrogen (secondary N) is 2. The van der Waals surface area contributed by atoms with Crippen LogP contribution in [-0.2, 0) is 4.79 Å². The van der Waals surface area contributed by atoms with Gasteiger partial charge >= 0.3 is 0 Å². The van der Waals surface area contributed by atoms with Gasteiger partial charge in [-0.25, -0.2) is 14.4 Å². The highest BCUT2D eigenvalue weighted by molar-refractivity contribution is 6.32. The Morgan fingerprint density at radius 3 is 2.63 bits per heavy atom. The zero-order valence-electron chi connectivity index (χ0n) is 17.0. The molecule has 2 atom stereocenters. The lowest BCUT2D eigenvalue weighted by atomic mass is 10.1. The number of anilines is 1. The number of amides is 2. The molecule has 0 radical (unpaired) electrons. The van der Waals surface area contributed by atoms with Crippen LogP contribution in [0.2, 0.25) is 5.02 Å². The first kappa shape index (κ1) is 22.0. The first-order valence-corrected chi connectivity index (χ1v) is 10.1. The molecule has 1 saturated carbocycles. The molecule has 1 heterocycles. The molecule has 1 aromatic heterocycles. The monoisotopic (exact) mass is 434 g/mol. The Hall–Kier alpha value is -2.74. The van der Waals surface area contributed by atoms with E-state index in [4.69, 9.17) is 16.3 Å². The summed E-state index contributed by atoms with van der Waals surface area (Å²) in [4.78, 5) is 33.0. The zero-order valence-corrected chi connectivity index (χ0v) is 17.8. The molecule has 0 aliphatic heterocycles. The Labute approximate surface area is 179 Å². The minimum absolute atomic E-state index is 0.0104. The summed E-state index contributed by atoms with van der Waals surface area (Å²) in [5, 5.41) is 5.84. The van der Waals surface area contributed by atoms with Gasteiger partial charge in [-0.05, 0) is 57.4 Å². The second-order valence-electron chi connectivity index (χ2n) is 7.46. The van der Waals surface area contributed by atoms with Crippen molar-refractivity contribution in [1.29, 1.82) is 0 Å². The second kappa shape index (κ2) is 9.38. The lowest BCUT2D eigenvalue weighted by molar-refractivity contribution is -0.117. The van der Waals surface area contributed by atoms with Crippen LogP contribution < -0.4 is 15.4 Å². The number of hydrogen-bond acceptors (Lipinski definition) is 5. The molecular weight excluding hydrogens is 411 g/mol. The maximum atomic E-state index is 13.0. The molecule has 0 bridgehead atoms. The molecule has 0 saturated heterocycles. The van der Waals surface area contributed by atoms with Crippen molar-refractivity contribution in [1.82, 2.24) is 15.3 Å². The van der Waals surface area contributed by atoms with E-state index in [1.54, 1.807) is 38.1 Å². The van der Waals surface area contributed by atoms with E-state index in [9.17, 15) is 14.0 Å². The summed E-state index contributed by atoms with van der Waals surface area (Å²) < 4.78 is 18.3. The molecular formula is C21H24ClFN4O3. The van der Waals surface area contributed by atoms with Crippen molar-refractivity contribution in [2.75, 3.05) is 11.9 Å². The Morgan fingerprint density at radius 1 is 1.27 bits per heavy atom. The maximum absolute atomic E-state index is 13.0. The van der Waals surface area contributed by atoms with E-state index in [2.05, 4.69) is 20.6 Å². The predicted octanol–water partition coefficient (Wildman–Crippen LogP) is 4.01. The van der Waals surface area contributed by atoms with Gasteiger partial charge in [0.2, 0.25) is 11.9 Å². The largest absolute Gasteiger partial charge is 0.489 e. The summed E-state index contributed by atoms with van der Waals surface area (Å²) >= 11 is 6.21. The molecule has 1 unspecified atom stereocenters. The quantitative estimate of drug-likeness (QED) is 0.654. The van der Waals surface area contributed by atoms with Crippen molar-refractivity contribution in [3.63, 3.8) is 0 Å². The molecule has 160 valence electrons. The van der Waals surface area contributed by atoms with Crippen molar-refractivity contribution in [3.05, 3.63) is 46.2 Å². The SMILES string of the molecule is Cc1cc(C(=O)NC(C)c2ccc(OC[C@@H](C)F)c(Cl)c2)nc(NC(=O)C2CC2)n1. The van der Waals surface area contributed by atoms with Gasteiger partial charge in [-0.2, -0.15) is 0 Å². The number of nitrogens with zero attached hydrogens (tertiary/aromatic N) is 2. The molecule has 1 aliphatic carbocycles. The van der Waals surface area contributed by atoms with Crippen LogP contribution in [0.25, 0.3) is 0 Å². The molecule has 1 aromatic carbocycles. The van der Waals surface area contributed by atoms with Gasteiger partial charge in [-0.15, -0.1) is 0 Å². The third-order valence-electron chi connectivity index (χ3n) is 4.54. The third kappa shape index (κ3) is 5.89. The second-order valence-corrected chi connectivity index (χ2v) is 7.87. The molecule has 3 rings (SSSR count). The highest BCUT2D eigenvalue weighted by Crippen LogP contribution is 2.30. The third-order valence-corrected chi connectivity index (χ3v) is 4.84. The molecule has 2 aromatic rings. The summed E-state index contributed by atoms with van der Waals surface area (Å²) in [7, 11) is 0. The summed E-state index contributed by atoms with van der Waals surface area (Å²) in [6, 6.07) is 6.24. The zero-order chi connectivity index (χ0) is 21.8. The molecule has 7 nitrogen and oxygen atoms in total. The van der Waals surface area contributed by atoms with E-state index in [1.165, 1.54) is 6.92 Å². The minimum atomic E-state index is -1.10. The first-order chi connectivity index (χ1) is 14.2. The van der Waals surface area contributed by atoms with E-state index < -0.39 is 12.1 Å². The first-order valence-electron chi connectivity index (χ1n) is 9.76. The normalized spacial score (nSPS) is 15.2.